The number of aromatic nitrogens is 4. The number of methoxy groups -OCH3 is 1. The quantitative estimate of drug-likeness (QED) is 0.604. The van der Waals surface area contributed by atoms with Gasteiger partial charge in [0.1, 0.15) is 6.33 Å². The lowest BCUT2D eigenvalue weighted by Gasteiger charge is -2.30. The molecule has 1 aromatic carbocycles. The van der Waals surface area contributed by atoms with Crippen LogP contribution in [0.2, 0.25) is 0 Å². The van der Waals surface area contributed by atoms with Gasteiger partial charge in [-0.05, 0) is 37.2 Å². The number of ether oxygens (including phenoxy) is 1. The zero-order valence-corrected chi connectivity index (χ0v) is 16.5. The van der Waals surface area contributed by atoms with E-state index in [1.807, 2.05) is 20.6 Å². The molecule has 8 heteroatoms. The van der Waals surface area contributed by atoms with E-state index in [2.05, 4.69) is 34.3 Å². The topological polar surface area (TPSA) is 48.1 Å². The number of rotatable bonds is 6. The minimum Gasteiger partial charge on any atom is -0.383 e. The Morgan fingerprint density at radius 1 is 1.27 bits per heavy atom. The Labute approximate surface area is 162 Å². The van der Waals surface area contributed by atoms with Crippen molar-refractivity contribution in [1.29, 1.82) is 0 Å². The maximum atomic E-state index is 5.52. The molecule has 6 nitrogen and oxygen atoms in total. The van der Waals surface area contributed by atoms with E-state index in [4.69, 9.17) is 21.9 Å². The Balaban J connectivity index is 1.36. The van der Waals surface area contributed by atoms with Crippen LogP contribution in [0.25, 0.3) is 10.2 Å². The maximum Gasteiger partial charge on any atom is 0.198 e. The Morgan fingerprint density at radius 2 is 2.08 bits per heavy atom. The molecule has 0 radical (unpaired) electrons. The van der Waals surface area contributed by atoms with Gasteiger partial charge in [-0.15, -0.1) is 11.3 Å². The lowest BCUT2D eigenvalue weighted by Crippen LogP contribution is -2.34. The number of hydrogen-bond donors (Lipinski definition) is 0. The van der Waals surface area contributed by atoms with Gasteiger partial charge < -0.3 is 9.30 Å². The lowest BCUT2D eigenvalue weighted by atomic mass is 9.98. The van der Waals surface area contributed by atoms with Crippen molar-refractivity contribution in [2.24, 2.45) is 0 Å². The van der Waals surface area contributed by atoms with Gasteiger partial charge in [0.15, 0.2) is 4.77 Å². The summed E-state index contributed by atoms with van der Waals surface area (Å²) in [5.41, 5.74) is 1.13. The summed E-state index contributed by atoms with van der Waals surface area (Å²) in [6, 6.07) is 8.41. The standard InChI is InChI=1S/C18H23N5OS2/c1-24-11-10-22-12-19-23(18(22)25)13-21-8-6-14(7-9-21)17-20-15-4-2-3-5-16(15)26-17/h2-5,12,14H,6-11,13H2,1H3. The summed E-state index contributed by atoms with van der Waals surface area (Å²) in [6.07, 6.45) is 4.07. The Morgan fingerprint density at radius 3 is 2.85 bits per heavy atom. The summed E-state index contributed by atoms with van der Waals surface area (Å²) < 4.78 is 11.0. The van der Waals surface area contributed by atoms with Crippen LogP contribution in [0.4, 0.5) is 0 Å². The molecule has 0 atom stereocenters. The third-order valence-corrected chi connectivity index (χ3v) is 6.56. The number of para-hydroxylation sites is 1. The SMILES string of the molecule is COCCn1cnn(CN2CCC(c3nc4ccccc4s3)CC2)c1=S. The van der Waals surface area contributed by atoms with Crippen molar-refractivity contribution in [3.05, 3.63) is 40.4 Å². The van der Waals surface area contributed by atoms with Crippen LogP contribution in [0, 0.1) is 4.77 Å². The zero-order valence-electron chi connectivity index (χ0n) is 14.9. The smallest absolute Gasteiger partial charge is 0.198 e. The van der Waals surface area contributed by atoms with Crippen LogP contribution in [-0.4, -0.2) is 51.0 Å². The van der Waals surface area contributed by atoms with E-state index >= 15 is 0 Å². The second-order valence-electron chi connectivity index (χ2n) is 6.65. The molecule has 3 aromatic rings. The van der Waals surface area contributed by atoms with Gasteiger partial charge in [-0.2, -0.15) is 5.10 Å². The largest absolute Gasteiger partial charge is 0.383 e. The fraction of sp³-hybridized carbons (Fsp3) is 0.500. The number of fused-ring (bicyclic) bond motifs is 1. The van der Waals surface area contributed by atoms with Crippen molar-refractivity contribution < 1.29 is 4.74 Å². The zero-order chi connectivity index (χ0) is 17.9. The van der Waals surface area contributed by atoms with Crippen LogP contribution in [0.1, 0.15) is 23.8 Å². The van der Waals surface area contributed by atoms with E-state index < -0.39 is 0 Å². The van der Waals surface area contributed by atoms with Gasteiger partial charge in [0.2, 0.25) is 0 Å². The van der Waals surface area contributed by atoms with E-state index in [0.717, 1.165) is 49.4 Å². The molecule has 1 fully saturated rings. The second kappa shape index (κ2) is 7.96. The highest BCUT2D eigenvalue weighted by atomic mass is 32.1. The number of likely N-dealkylation sites (tertiary alicyclic amines) is 1. The van der Waals surface area contributed by atoms with Crippen LogP contribution in [0.15, 0.2) is 30.6 Å². The first-order valence-corrected chi connectivity index (χ1v) is 10.2. The fourth-order valence-corrected chi connectivity index (χ4v) is 4.77. The molecular formula is C18H23N5OS2. The fourth-order valence-electron chi connectivity index (χ4n) is 3.39. The van der Waals surface area contributed by atoms with Crippen LogP contribution in [0.3, 0.4) is 0 Å². The molecule has 1 saturated heterocycles. The molecule has 0 bridgehead atoms. The number of thiazole rings is 1. The second-order valence-corrected chi connectivity index (χ2v) is 8.08. The first kappa shape index (κ1) is 17.8. The van der Waals surface area contributed by atoms with Crippen molar-refractivity contribution in [2.45, 2.75) is 32.0 Å². The summed E-state index contributed by atoms with van der Waals surface area (Å²) in [6.45, 7) is 4.24. The van der Waals surface area contributed by atoms with Crippen LogP contribution in [0.5, 0.6) is 0 Å². The summed E-state index contributed by atoms with van der Waals surface area (Å²) >= 11 is 7.36. The average Bonchev–Trinajstić information content (AvgIpc) is 3.25. The van der Waals surface area contributed by atoms with E-state index in [-0.39, 0.29) is 0 Å². The van der Waals surface area contributed by atoms with Gasteiger partial charge in [-0.3, -0.25) is 4.90 Å². The molecule has 3 heterocycles. The summed E-state index contributed by atoms with van der Waals surface area (Å²) in [4.78, 5) is 7.27. The molecule has 0 unspecified atom stereocenters. The highest BCUT2D eigenvalue weighted by Gasteiger charge is 2.23. The van der Waals surface area contributed by atoms with Crippen molar-refractivity contribution >= 4 is 33.8 Å². The summed E-state index contributed by atoms with van der Waals surface area (Å²) in [5.74, 6) is 0.566. The van der Waals surface area contributed by atoms with Gasteiger partial charge in [0, 0.05) is 32.7 Å². The lowest BCUT2D eigenvalue weighted by molar-refractivity contribution is 0.159. The predicted octanol–water partition coefficient (Wildman–Crippen LogP) is 3.51. The van der Waals surface area contributed by atoms with E-state index in [9.17, 15) is 0 Å². The van der Waals surface area contributed by atoms with Gasteiger partial charge >= 0.3 is 0 Å². The van der Waals surface area contributed by atoms with Gasteiger partial charge in [0.25, 0.3) is 0 Å². The van der Waals surface area contributed by atoms with Crippen molar-refractivity contribution in [2.75, 3.05) is 26.8 Å². The molecule has 26 heavy (non-hydrogen) atoms. The van der Waals surface area contributed by atoms with Crippen molar-refractivity contribution in [3.8, 4) is 0 Å². The van der Waals surface area contributed by atoms with Gasteiger partial charge in [-0.25, -0.2) is 9.67 Å². The minimum absolute atomic E-state index is 0.566. The average molecular weight is 390 g/mol. The third kappa shape index (κ3) is 3.73. The predicted molar refractivity (Wildman–Crippen MR) is 106 cm³/mol. The molecule has 0 amide bonds. The minimum atomic E-state index is 0.566. The first-order chi connectivity index (χ1) is 12.7. The highest BCUT2D eigenvalue weighted by Crippen LogP contribution is 2.33. The molecule has 0 aliphatic carbocycles. The van der Waals surface area contributed by atoms with Crippen LogP contribution in [-0.2, 0) is 18.0 Å². The monoisotopic (exact) mass is 389 g/mol. The molecule has 138 valence electrons. The van der Waals surface area contributed by atoms with E-state index in [0.29, 0.717) is 12.5 Å². The summed E-state index contributed by atoms with van der Waals surface area (Å²) in [5, 5.41) is 5.72. The third-order valence-electron chi connectivity index (χ3n) is 4.91. The number of piperidine rings is 1. The Bertz CT molecular complexity index is 890. The number of nitrogens with zero attached hydrogens (tertiary/aromatic N) is 5. The molecule has 0 N–H and O–H groups in total. The van der Waals surface area contributed by atoms with E-state index in [1.54, 1.807) is 13.4 Å². The normalized spacial score (nSPS) is 16.5. The Kier molecular flexibility index (Phi) is 5.44. The van der Waals surface area contributed by atoms with E-state index in [1.165, 1.54) is 9.71 Å². The molecule has 1 aliphatic heterocycles. The van der Waals surface area contributed by atoms with Crippen molar-refractivity contribution in [1.82, 2.24) is 24.2 Å². The van der Waals surface area contributed by atoms with Gasteiger partial charge in [-0.1, -0.05) is 12.1 Å². The molecule has 0 saturated carbocycles. The number of benzene rings is 1. The van der Waals surface area contributed by atoms with Crippen molar-refractivity contribution in [3.63, 3.8) is 0 Å². The van der Waals surface area contributed by atoms with Crippen LogP contribution >= 0.6 is 23.6 Å². The molecule has 0 spiro atoms. The Hall–Kier alpha value is -1.61. The highest BCUT2D eigenvalue weighted by molar-refractivity contribution is 7.71. The molecule has 1 aliphatic rings. The summed E-state index contributed by atoms with van der Waals surface area (Å²) in [7, 11) is 1.70. The molecule has 4 rings (SSSR count). The maximum absolute atomic E-state index is 5.52. The van der Waals surface area contributed by atoms with Gasteiger partial charge in [0.05, 0.1) is 28.5 Å². The number of hydrogen-bond acceptors (Lipinski definition) is 6. The first-order valence-electron chi connectivity index (χ1n) is 8.93. The molecular weight excluding hydrogens is 366 g/mol. The molecule has 2 aromatic heterocycles. The van der Waals surface area contributed by atoms with Crippen LogP contribution < -0.4 is 0 Å².